The lowest BCUT2D eigenvalue weighted by atomic mass is 9.74. The number of carbonyl (C=O) groups is 1. The molecule has 0 spiro atoms. The highest BCUT2D eigenvalue weighted by Gasteiger charge is 2.43. The summed E-state index contributed by atoms with van der Waals surface area (Å²) in [5.74, 6) is 1.48. The summed E-state index contributed by atoms with van der Waals surface area (Å²) < 4.78 is 5.42. The number of benzene rings is 2. The molecule has 25 heavy (non-hydrogen) atoms. The lowest BCUT2D eigenvalue weighted by molar-refractivity contribution is -0.126. The monoisotopic (exact) mass is 335 g/mol. The molecule has 1 aliphatic carbocycles. The molecule has 1 saturated heterocycles. The van der Waals surface area contributed by atoms with Gasteiger partial charge in [-0.15, -0.1) is 0 Å². The first kappa shape index (κ1) is 16.2. The van der Waals surface area contributed by atoms with Crippen molar-refractivity contribution in [1.82, 2.24) is 0 Å². The van der Waals surface area contributed by atoms with Gasteiger partial charge < -0.3 is 9.64 Å². The van der Waals surface area contributed by atoms with Crippen molar-refractivity contribution in [2.75, 3.05) is 12.0 Å². The molecule has 4 rings (SSSR count). The van der Waals surface area contributed by atoms with Gasteiger partial charge in [0.15, 0.2) is 0 Å². The second-order valence-corrected chi connectivity index (χ2v) is 7.16. The summed E-state index contributed by atoms with van der Waals surface area (Å²) in [5, 5.41) is 0. The Morgan fingerprint density at radius 3 is 2.60 bits per heavy atom. The van der Waals surface area contributed by atoms with Crippen molar-refractivity contribution in [2.24, 2.45) is 5.92 Å². The number of nitrogens with zero attached hydrogens (tertiary/aromatic N) is 1. The Kier molecular flexibility index (Phi) is 4.48. The van der Waals surface area contributed by atoms with Gasteiger partial charge in [-0.3, -0.25) is 4.79 Å². The summed E-state index contributed by atoms with van der Waals surface area (Å²) in [7, 11) is 1.69. The minimum Gasteiger partial charge on any atom is -0.497 e. The Morgan fingerprint density at radius 1 is 1.00 bits per heavy atom. The SMILES string of the molecule is COc1cccc([C@H]2CC(=O)[C@@H]3CCCC[C@H]3N2c2ccccc2)c1. The average molecular weight is 335 g/mol. The standard InChI is InChI=1S/C22H25NO2/c1-25-18-11-7-8-16(14-18)21-15-22(24)19-12-5-6-13-20(19)23(21)17-9-3-2-4-10-17/h2-4,7-11,14,19-21H,5-6,12-13,15H2,1H3/t19-,20-,21-/m1/s1. The van der Waals surface area contributed by atoms with Gasteiger partial charge in [0.1, 0.15) is 11.5 Å². The number of Topliss-reactive ketones (excluding diaryl/α,β-unsaturated/α-hetero) is 1. The molecule has 1 aliphatic heterocycles. The average Bonchev–Trinajstić information content (AvgIpc) is 2.68. The van der Waals surface area contributed by atoms with E-state index in [0.29, 0.717) is 18.2 Å². The number of ketones is 1. The van der Waals surface area contributed by atoms with Crippen LogP contribution < -0.4 is 9.64 Å². The number of para-hydroxylation sites is 1. The Morgan fingerprint density at radius 2 is 1.80 bits per heavy atom. The second kappa shape index (κ2) is 6.91. The summed E-state index contributed by atoms with van der Waals surface area (Å²) in [5.41, 5.74) is 2.39. The largest absolute Gasteiger partial charge is 0.497 e. The molecular formula is C22H25NO2. The van der Waals surface area contributed by atoms with Crippen molar-refractivity contribution in [2.45, 2.75) is 44.2 Å². The fraction of sp³-hybridized carbons (Fsp3) is 0.409. The van der Waals surface area contributed by atoms with Crippen LogP contribution in [0.15, 0.2) is 54.6 Å². The molecule has 0 radical (unpaired) electrons. The van der Waals surface area contributed by atoms with Gasteiger partial charge in [-0.2, -0.15) is 0 Å². The van der Waals surface area contributed by atoms with E-state index in [1.165, 1.54) is 24.1 Å². The molecule has 2 fully saturated rings. The smallest absolute Gasteiger partial charge is 0.140 e. The molecule has 2 aromatic carbocycles. The van der Waals surface area contributed by atoms with Crippen LogP contribution in [0.4, 0.5) is 5.69 Å². The van der Waals surface area contributed by atoms with E-state index in [1.54, 1.807) is 7.11 Å². The van der Waals surface area contributed by atoms with Crippen LogP contribution >= 0.6 is 0 Å². The number of hydrogen-bond donors (Lipinski definition) is 0. The van der Waals surface area contributed by atoms with Crippen molar-refractivity contribution in [1.29, 1.82) is 0 Å². The number of rotatable bonds is 3. The van der Waals surface area contributed by atoms with E-state index in [9.17, 15) is 4.79 Å². The fourth-order valence-corrected chi connectivity index (χ4v) is 4.59. The van der Waals surface area contributed by atoms with Gasteiger partial charge in [-0.1, -0.05) is 43.2 Å². The van der Waals surface area contributed by atoms with Crippen molar-refractivity contribution in [3.05, 3.63) is 60.2 Å². The summed E-state index contributed by atoms with van der Waals surface area (Å²) in [6.07, 6.45) is 5.12. The molecule has 3 atom stereocenters. The fourth-order valence-electron chi connectivity index (χ4n) is 4.59. The van der Waals surface area contributed by atoms with E-state index in [-0.39, 0.29) is 12.0 Å². The second-order valence-electron chi connectivity index (χ2n) is 7.16. The topological polar surface area (TPSA) is 29.5 Å². The zero-order valence-electron chi connectivity index (χ0n) is 14.7. The Bertz CT molecular complexity index is 743. The van der Waals surface area contributed by atoms with Crippen molar-refractivity contribution in [3.63, 3.8) is 0 Å². The van der Waals surface area contributed by atoms with Crippen LogP contribution in [0.2, 0.25) is 0 Å². The molecule has 3 heteroatoms. The number of hydrogen-bond acceptors (Lipinski definition) is 3. The van der Waals surface area contributed by atoms with Crippen LogP contribution in [0.1, 0.15) is 43.7 Å². The maximum atomic E-state index is 12.9. The molecular weight excluding hydrogens is 310 g/mol. The van der Waals surface area contributed by atoms with Crippen molar-refractivity contribution < 1.29 is 9.53 Å². The van der Waals surface area contributed by atoms with Gasteiger partial charge >= 0.3 is 0 Å². The highest BCUT2D eigenvalue weighted by molar-refractivity contribution is 5.85. The van der Waals surface area contributed by atoms with Gasteiger partial charge in [-0.25, -0.2) is 0 Å². The summed E-state index contributed by atoms with van der Waals surface area (Å²) in [4.78, 5) is 15.4. The third-order valence-electron chi connectivity index (χ3n) is 5.76. The predicted molar refractivity (Wildman–Crippen MR) is 100 cm³/mol. The Balaban J connectivity index is 1.78. The van der Waals surface area contributed by atoms with E-state index in [4.69, 9.17) is 4.74 Å². The zero-order chi connectivity index (χ0) is 17.2. The van der Waals surface area contributed by atoms with E-state index in [2.05, 4.69) is 47.4 Å². The number of piperidine rings is 1. The molecule has 1 saturated carbocycles. The van der Waals surface area contributed by atoms with Crippen LogP contribution in [0, 0.1) is 5.92 Å². The zero-order valence-corrected chi connectivity index (χ0v) is 14.7. The maximum absolute atomic E-state index is 12.9. The first-order valence-corrected chi connectivity index (χ1v) is 9.28. The number of carbonyl (C=O) groups excluding carboxylic acids is 1. The molecule has 0 amide bonds. The highest BCUT2D eigenvalue weighted by Crippen LogP contribution is 2.44. The Hall–Kier alpha value is -2.29. The first-order chi connectivity index (χ1) is 12.3. The first-order valence-electron chi connectivity index (χ1n) is 9.28. The minimum absolute atomic E-state index is 0.0874. The van der Waals surface area contributed by atoms with Crippen molar-refractivity contribution in [3.8, 4) is 5.75 Å². The molecule has 1 heterocycles. The number of methoxy groups -OCH3 is 1. The van der Waals surface area contributed by atoms with Gasteiger partial charge in [-0.05, 0) is 42.7 Å². The van der Waals surface area contributed by atoms with E-state index in [1.807, 2.05) is 12.1 Å². The number of anilines is 1. The van der Waals surface area contributed by atoms with Crippen LogP contribution in [0.25, 0.3) is 0 Å². The van der Waals surface area contributed by atoms with Gasteiger partial charge in [0.2, 0.25) is 0 Å². The molecule has 0 unspecified atom stereocenters. The van der Waals surface area contributed by atoms with Crippen LogP contribution in [-0.2, 0) is 4.79 Å². The van der Waals surface area contributed by atoms with E-state index < -0.39 is 0 Å². The quantitative estimate of drug-likeness (QED) is 0.809. The van der Waals surface area contributed by atoms with Crippen LogP contribution in [-0.4, -0.2) is 18.9 Å². The van der Waals surface area contributed by atoms with Gasteiger partial charge in [0, 0.05) is 24.1 Å². The maximum Gasteiger partial charge on any atom is 0.140 e. The van der Waals surface area contributed by atoms with Crippen LogP contribution in [0.5, 0.6) is 5.75 Å². The molecule has 3 nitrogen and oxygen atoms in total. The van der Waals surface area contributed by atoms with Gasteiger partial charge in [0.05, 0.1) is 13.2 Å². The molecule has 0 aromatic heterocycles. The van der Waals surface area contributed by atoms with E-state index >= 15 is 0 Å². The molecule has 130 valence electrons. The summed E-state index contributed by atoms with van der Waals surface area (Å²) >= 11 is 0. The van der Waals surface area contributed by atoms with Crippen LogP contribution in [0.3, 0.4) is 0 Å². The summed E-state index contributed by atoms with van der Waals surface area (Å²) in [6.45, 7) is 0. The van der Waals surface area contributed by atoms with E-state index in [0.717, 1.165) is 18.6 Å². The predicted octanol–water partition coefficient (Wildman–Crippen LogP) is 4.77. The molecule has 0 N–H and O–H groups in total. The van der Waals surface area contributed by atoms with Crippen molar-refractivity contribution >= 4 is 11.5 Å². The normalized spacial score (nSPS) is 26.2. The summed E-state index contributed by atoms with van der Waals surface area (Å²) in [6, 6.07) is 19.2. The Labute approximate surface area is 149 Å². The number of fused-ring (bicyclic) bond motifs is 1. The minimum atomic E-state index is 0.0874. The number of ether oxygens (including phenoxy) is 1. The third kappa shape index (κ3) is 3.04. The molecule has 2 aliphatic rings. The lowest BCUT2D eigenvalue weighted by Gasteiger charge is -2.49. The lowest BCUT2D eigenvalue weighted by Crippen LogP contribution is -2.52. The van der Waals surface area contributed by atoms with Gasteiger partial charge in [0.25, 0.3) is 0 Å². The third-order valence-corrected chi connectivity index (χ3v) is 5.76. The highest BCUT2D eigenvalue weighted by atomic mass is 16.5. The molecule has 2 aromatic rings. The molecule has 0 bridgehead atoms.